The van der Waals surface area contributed by atoms with Gasteiger partial charge in [-0.15, -0.1) is 0 Å². The molecule has 10 nitrogen and oxygen atoms in total. The molecule has 222 valence electrons. The van der Waals surface area contributed by atoms with E-state index in [0.29, 0.717) is 19.5 Å². The van der Waals surface area contributed by atoms with Crippen LogP contribution in [0.4, 0.5) is 36.8 Å². The van der Waals surface area contributed by atoms with Crippen LogP contribution in [0.5, 0.6) is 0 Å². The van der Waals surface area contributed by atoms with Crippen LogP contribution in [0.3, 0.4) is 0 Å². The van der Waals surface area contributed by atoms with Gasteiger partial charge in [0.25, 0.3) is 5.91 Å². The Kier molecular flexibility index (Phi) is 7.74. The average Bonchev–Trinajstić information content (AvgIpc) is 3.72. The zero-order valence-corrected chi connectivity index (χ0v) is 24.3. The SMILES string of the molecule is CC(C)(C)OC(=O)N1CCc2cc(Nc3ncc(C(=O)NC4CC4)c(Nc4ccc(F)c(C(C)(C)F)n4)n3)ccc2C1. The number of hydrogen-bond acceptors (Lipinski definition) is 8. The Morgan fingerprint density at radius 2 is 1.79 bits per heavy atom. The van der Waals surface area contributed by atoms with E-state index >= 15 is 0 Å². The Balaban J connectivity index is 1.37. The molecule has 0 atom stereocenters. The van der Waals surface area contributed by atoms with Crippen molar-refractivity contribution in [3.05, 3.63) is 64.7 Å². The maximum atomic E-state index is 14.6. The lowest BCUT2D eigenvalue weighted by Crippen LogP contribution is -2.39. The van der Waals surface area contributed by atoms with Crippen molar-refractivity contribution < 1.29 is 23.1 Å². The van der Waals surface area contributed by atoms with Gasteiger partial charge in [-0.3, -0.25) is 4.79 Å². The number of nitrogens with zero attached hydrogens (tertiary/aromatic N) is 4. The topological polar surface area (TPSA) is 121 Å². The van der Waals surface area contributed by atoms with Gasteiger partial charge in [-0.25, -0.2) is 23.5 Å². The average molecular weight is 580 g/mol. The lowest BCUT2D eigenvalue weighted by Gasteiger charge is -2.31. The summed E-state index contributed by atoms with van der Waals surface area (Å²) < 4.78 is 34.3. The van der Waals surface area contributed by atoms with E-state index < -0.39 is 17.1 Å². The Hall–Kier alpha value is -4.35. The van der Waals surface area contributed by atoms with Gasteiger partial charge in [0.1, 0.15) is 40.0 Å². The van der Waals surface area contributed by atoms with Crippen molar-refractivity contribution in [1.82, 2.24) is 25.2 Å². The van der Waals surface area contributed by atoms with Crippen LogP contribution >= 0.6 is 0 Å². The van der Waals surface area contributed by atoms with Gasteiger partial charge in [-0.05, 0) is 89.3 Å². The van der Waals surface area contributed by atoms with Gasteiger partial charge in [0.05, 0.1) is 0 Å². The van der Waals surface area contributed by atoms with E-state index in [4.69, 9.17) is 4.74 Å². The van der Waals surface area contributed by atoms with Crippen molar-refractivity contribution >= 4 is 35.3 Å². The second-order valence-electron chi connectivity index (χ2n) is 12.1. The summed E-state index contributed by atoms with van der Waals surface area (Å²) >= 11 is 0. The fourth-order valence-electron chi connectivity index (χ4n) is 4.49. The zero-order chi connectivity index (χ0) is 30.2. The minimum absolute atomic E-state index is 0.104. The van der Waals surface area contributed by atoms with Gasteiger partial charge in [0.15, 0.2) is 0 Å². The molecule has 2 aromatic heterocycles. The summed E-state index contributed by atoms with van der Waals surface area (Å²) in [4.78, 5) is 40.1. The van der Waals surface area contributed by atoms with Crippen molar-refractivity contribution in [3.8, 4) is 0 Å². The first-order valence-corrected chi connectivity index (χ1v) is 13.9. The molecule has 1 aliphatic carbocycles. The molecule has 0 bridgehead atoms. The fraction of sp³-hybridized carbons (Fsp3) is 0.433. The lowest BCUT2D eigenvalue weighted by molar-refractivity contribution is 0.0224. The van der Waals surface area contributed by atoms with Crippen LogP contribution in [0, 0.1) is 5.82 Å². The first-order valence-electron chi connectivity index (χ1n) is 13.9. The number of benzene rings is 1. The molecule has 0 saturated heterocycles. The smallest absolute Gasteiger partial charge is 0.410 e. The number of aromatic nitrogens is 3. The molecule has 3 N–H and O–H groups in total. The third-order valence-electron chi connectivity index (χ3n) is 6.73. The van der Waals surface area contributed by atoms with Gasteiger partial charge in [0.2, 0.25) is 5.95 Å². The predicted molar refractivity (Wildman–Crippen MR) is 154 cm³/mol. The van der Waals surface area contributed by atoms with E-state index in [1.165, 1.54) is 26.1 Å². The largest absolute Gasteiger partial charge is 0.444 e. The van der Waals surface area contributed by atoms with E-state index in [0.717, 1.165) is 35.7 Å². The van der Waals surface area contributed by atoms with Crippen LogP contribution in [-0.4, -0.2) is 50.0 Å². The summed E-state index contributed by atoms with van der Waals surface area (Å²) in [5, 5.41) is 9.03. The van der Waals surface area contributed by atoms with E-state index in [9.17, 15) is 18.4 Å². The Morgan fingerprint density at radius 3 is 2.48 bits per heavy atom. The standard InChI is InChI=1S/C30H35F2N7O3/c1-29(2,3)42-28(41)39-13-12-17-14-20(7-6-18(17)16-39)35-27-33-15-21(26(40)34-19-8-9-19)25(38-27)37-23-11-10-22(31)24(36-23)30(4,5)32/h6-7,10-11,14-15,19H,8-9,12-13,16H2,1-5H3,(H,34,40)(H2,33,35,36,37,38). The van der Waals surface area contributed by atoms with Crippen molar-refractivity contribution in [1.29, 1.82) is 0 Å². The highest BCUT2D eigenvalue weighted by atomic mass is 19.1. The minimum atomic E-state index is -2.01. The summed E-state index contributed by atoms with van der Waals surface area (Å²) in [7, 11) is 0. The number of carbonyl (C=O) groups excluding carboxylic acids is 2. The molecule has 3 heterocycles. The van der Waals surface area contributed by atoms with Crippen LogP contribution in [0.15, 0.2) is 36.5 Å². The van der Waals surface area contributed by atoms with Gasteiger partial charge >= 0.3 is 6.09 Å². The number of alkyl halides is 1. The van der Waals surface area contributed by atoms with Gasteiger partial charge in [-0.1, -0.05) is 6.07 Å². The molecule has 5 rings (SSSR count). The molecular weight excluding hydrogens is 544 g/mol. The van der Waals surface area contributed by atoms with Crippen molar-refractivity contribution in [2.75, 3.05) is 17.2 Å². The summed E-state index contributed by atoms with van der Waals surface area (Å²) in [5.74, 6) is -0.655. The molecule has 0 spiro atoms. The highest BCUT2D eigenvalue weighted by molar-refractivity contribution is 5.99. The molecular formula is C30H35F2N7O3. The molecule has 1 saturated carbocycles. The minimum Gasteiger partial charge on any atom is -0.444 e. The summed E-state index contributed by atoms with van der Waals surface area (Å²) in [6.45, 7) is 8.94. The second kappa shape index (κ2) is 11.1. The molecule has 2 amide bonds. The maximum absolute atomic E-state index is 14.6. The quantitative estimate of drug-likeness (QED) is 0.317. The summed E-state index contributed by atoms with van der Waals surface area (Å²) in [5.41, 5.74) is 0.0594. The summed E-state index contributed by atoms with van der Waals surface area (Å²) in [6.07, 6.45) is 3.51. The van der Waals surface area contributed by atoms with Crippen LogP contribution < -0.4 is 16.0 Å². The molecule has 2 aliphatic rings. The van der Waals surface area contributed by atoms with Crippen molar-refractivity contribution in [2.24, 2.45) is 0 Å². The molecule has 1 fully saturated rings. The molecule has 1 aliphatic heterocycles. The van der Waals surface area contributed by atoms with Gasteiger partial charge < -0.3 is 25.6 Å². The summed E-state index contributed by atoms with van der Waals surface area (Å²) in [6, 6.07) is 8.35. The zero-order valence-electron chi connectivity index (χ0n) is 24.3. The van der Waals surface area contributed by atoms with Gasteiger partial charge in [0, 0.05) is 31.0 Å². The highest BCUT2D eigenvalue weighted by Gasteiger charge is 2.29. The number of anilines is 4. The fourth-order valence-corrected chi connectivity index (χ4v) is 4.49. The number of amides is 2. The second-order valence-corrected chi connectivity index (χ2v) is 12.1. The molecule has 0 radical (unpaired) electrons. The third-order valence-corrected chi connectivity index (χ3v) is 6.73. The molecule has 12 heteroatoms. The first-order chi connectivity index (χ1) is 19.7. The normalized spacial score (nSPS) is 15.1. The van der Waals surface area contributed by atoms with Crippen molar-refractivity contribution in [3.63, 3.8) is 0 Å². The lowest BCUT2D eigenvalue weighted by atomic mass is 9.99. The first kappa shape index (κ1) is 29.2. The number of hydrogen-bond donors (Lipinski definition) is 3. The number of fused-ring (bicyclic) bond motifs is 1. The number of carbonyl (C=O) groups is 2. The van der Waals surface area contributed by atoms with Crippen LogP contribution in [-0.2, 0) is 23.4 Å². The Bertz CT molecular complexity index is 1510. The molecule has 1 aromatic carbocycles. The number of rotatable bonds is 7. The maximum Gasteiger partial charge on any atom is 0.410 e. The van der Waals surface area contributed by atoms with Crippen LogP contribution in [0.25, 0.3) is 0 Å². The third kappa shape index (κ3) is 7.10. The van der Waals surface area contributed by atoms with E-state index in [2.05, 4.69) is 30.9 Å². The van der Waals surface area contributed by atoms with E-state index in [1.807, 2.05) is 39.0 Å². The van der Waals surface area contributed by atoms with Crippen LogP contribution in [0.1, 0.15) is 74.6 Å². The molecule has 3 aromatic rings. The van der Waals surface area contributed by atoms with Crippen molar-refractivity contribution in [2.45, 2.75) is 77.7 Å². The van der Waals surface area contributed by atoms with Gasteiger partial charge in [-0.2, -0.15) is 4.98 Å². The Labute approximate surface area is 243 Å². The van der Waals surface area contributed by atoms with Crippen LogP contribution in [0.2, 0.25) is 0 Å². The number of nitrogens with one attached hydrogen (secondary N) is 3. The monoisotopic (exact) mass is 579 g/mol. The van der Waals surface area contributed by atoms with E-state index in [-0.39, 0.29) is 46.9 Å². The number of pyridine rings is 1. The number of ether oxygens (including phenoxy) is 1. The number of halogens is 2. The van der Waals surface area contributed by atoms with E-state index in [1.54, 1.807) is 4.90 Å². The molecule has 42 heavy (non-hydrogen) atoms. The Morgan fingerprint density at radius 1 is 1.02 bits per heavy atom. The highest BCUT2D eigenvalue weighted by Crippen LogP contribution is 2.29. The molecule has 0 unspecified atom stereocenters. The predicted octanol–water partition coefficient (Wildman–Crippen LogP) is 5.89.